The molecule has 0 spiro atoms. The molecule has 2 N–H and O–H groups in total. The second-order valence-electron chi connectivity index (χ2n) is 8.83. The van der Waals surface area contributed by atoms with Crippen LogP contribution in [0.2, 0.25) is 0 Å². The summed E-state index contributed by atoms with van der Waals surface area (Å²) in [6.45, 7) is 2.83. The first kappa shape index (κ1) is 25.7. The molecule has 1 saturated heterocycles. The van der Waals surface area contributed by atoms with Crippen molar-refractivity contribution in [3.63, 3.8) is 0 Å². The van der Waals surface area contributed by atoms with Crippen LogP contribution in [0.3, 0.4) is 0 Å². The third kappa shape index (κ3) is 5.58. The molecule has 0 bridgehead atoms. The van der Waals surface area contributed by atoms with Crippen LogP contribution in [0.15, 0.2) is 24.5 Å². The number of likely N-dealkylation sites (N-methyl/N-ethyl adjacent to an activating group) is 1. The molecule has 1 fully saturated rings. The molecule has 1 aliphatic rings. The molecule has 12 heteroatoms. The third-order valence-electron chi connectivity index (χ3n) is 6.19. The zero-order valence-corrected chi connectivity index (χ0v) is 20.9. The van der Waals surface area contributed by atoms with Crippen LogP contribution in [0.5, 0.6) is 0 Å². The van der Waals surface area contributed by atoms with E-state index in [1.807, 2.05) is 11.9 Å². The highest BCUT2D eigenvalue weighted by molar-refractivity contribution is 6.12. The van der Waals surface area contributed by atoms with Crippen molar-refractivity contribution in [3.8, 4) is 6.07 Å². The van der Waals surface area contributed by atoms with Gasteiger partial charge in [-0.25, -0.2) is 9.97 Å². The zero-order valence-electron chi connectivity index (χ0n) is 20.9. The number of piperazine rings is 1. The van der Waals surface area contributed by atoms with Gasteiger partial charge in [-0.2, -0.15) is 5.26 Å². The number of hydrogen-bond donors (Lipinski definition) is 2. The molecule has 192 valence electrons. The van der Waals surface area contributed by atoms with Crippen molar-refractivity contribution >= 4 is 40.6 Å². The minimum Gasteiger partial charge on any atom is -0.383 e. The van der Waals surface area contributed by atoms with Crippen LogP contribution < -0.4 is 10.6 Å². The minimum atomic E-state index is -0.461. The second-order valence-corrected chi connectivity index (χ2v) is 8.83. The molecule has 0 unspecified atom stereocenters. The number of aromatic nitrogens is 3. The van der Waals surface area contributed by atoms with E-state index in [9.17, 15) is 19.6 Å². The fraction of sp³-hybridized carbons (Fsp3) is 0.360. The molecule has 0 aliphatic carbocycles. The average Bonchev–Trinajstić information content (AvgIpc) is 3.21. The number of nitriles is 1. The minimum absolute atomic E-state index is 0.0105. The molecule has 2 amide bonds. The summed E-state index contributed by atoms with van der Waals surface area (Å²) in [5, 5.41) is 15.2. The van der Waals surface area contributed by atoms with Crippen LogP contribution in [0.4, 0.5) is 11.5 Å². The van der Waals surface area contributed by atoms with Gasteiger partial charge < -0.3 is 24.8 Å². The van der Waals surface area contributed by atoms with Crippen molar-refractivity contribution in [1.82, 2.24) is 24.3 Å². The van der Waals surface area contributed by atoms with E-state index in [-0.39, 0.29) is 29.5 Å². The number of rotatable bonds is 9. The van der Waals surface area contributed by atoms with Gasteiger partial charge in [-0.1, -0.05) is 0 Å². The van der Waals surface area contributed by atoms with Crippen LogP contribution >= 0.6 is 0 Å². The van der Waals surface area contributed by atoms with Crippen molar-refractivity contribution in [2.45, 2.75) is 6.54 Å². The van der Waals surface area contributed by atoms with E-state index in [1.54, 1.807) is 42.0 Å². The molecule has 0 saturated carbocycles. The second kappa shape index (κ2) is 11.2. The largest absolute Gasteiger partial charge is 0.383 e. The monoisotopic (exact) mass is 504 g/mol. The summed E-state index contributed by atoms with van der Waals surface area (Å²) < 4.78 is 6.78. The number of carbonyl (C=O) groups excluding carboxylic acids is 3. The first-order valence-corrected chi connectivity index (χ1v) is 11.7. The normalized spacial score (nSPS) is 14.0. The Kier molecular flexibility index (Phi) is 7.76. The van der Waals surface area contributed by atoms with Crippen molar-refractivity contribution in [2.24, 2.45) is 7.05 Å². The van der Waals surface area contributed by atoms with E-state index in [0.29, 0.717) is 60.4 Å². The summed E-state index contributed by atoms with van der Waals surface area (Å²) in [6, 6.07) is 5.44. The summed E-state index contributed by atoms with van der Waals surface area (Å²) in [5.74, 6) is -0.220. The van der Waals surface area contributed by atoms with Crippen molar-refractivity contribution in [2.75, 3.05) is 57.6 Å². The molecule has 3 aromatic heterocycles. The van der Waals surface area contributed by atoms with Gasteiger partial charge in [0.25, 0.3) is 5.91 Å². The number of ether oxygens (including phenoxy) is 1. The molecular formula is C25H28N8O4. The Morgan fingerprint density at radius 1 is 1.30 bits per heavy atom. The Hall–Kier alpha value is -4.34. The third-order valence-corrected chi connectivity index (χ3v) is 6.19. The Morgan fingerprint density at radius 3 is 2.81 bits per heavy atom. The van der Waals surface area contributed by atoms with Crippen LogP contribution in [0.1, 0.15) is 32.0 Å². The quantitative estimate of drug-likeness (QED) is 0.325. The Bertz CT molecular complexity index is 1390. The lowest BCUT2D eigenvalue weighted by molar-refractivity contribution is -0.136. The van der Waals surface area contributed by atoms with Gasteiger partial charge in [0.2, 0.25) is 5.91 Å². The topological polar surface area (TPSA) is 145 Å². The van der Waals surface area contributed by atoms with E-state index >= 15 is 0 Å². The number of nitrogens with one attached hydrogen (secondary N) is 2. The van der Waals surface area contributed by atoms with Crippen molar-refractivity contribution < 1.29 is 19.1 Å². The smallest absolute Gasteiger partial charge is 0.260 e. The number of methoxy groups -OCH3 is 1. The van der Waals surface area contributed by atoms with E-state index in [1.165, 1.54) is 6.20 Å². The van der Waals surface area contributed by atoms with E-state index in [4.69, 9.17) is 4.74 Å². The Morgan fingerprint density at radius 2 is 2.11 bits per heavy atom. The molecule has 12 nitrogen and oxygen atoms in total. The average molecular weight is 505 g/mol. The lowest BCUT2D eigenvalue weighted by atomic mass is 10.1. The number of fused-ring (bicyclic) bond motifs is 1. The summed E-state index contributed by atoms with van der Waals surface area (Å²) in [4.78, 5) is 49.8. The van der Waals surface area contributed by atoms with Gasteiger partial charge in [0, 0.05) is 64.4 Å². The number of aldehydes is 1. The van der Waals surface area contributed by atoms with E-state index in [0.717, 1.165) is 6.54 Å². The maximum atomic E-state index is 13.2. The molecule has 0 atom stereocenters. The van der Waals surface area contributed by atoms with Crippen molar-refractivity contribution in [3.05, 3.63) is 46.9 Å². The highest BCUT2D eigenvalue weighted by atomic mass is 16.5. The fourth-order valence-corrected chi connectivity index (χ4v) is 4.17. The van der Waals surface area contributed by atoms with Crippen LogP contribution in [-0.2, 0) is 23.1 Å². The maximum absolute atomic E-state index is 13.2. The lowest BCUT2D eigenvalue weighted by Crippen LogP contribution is -2.48. The van der Waals surface area contributed by atoms with Gasteiger partial charge in [0.1, 0.15) is 23.1 Å². The standard InChI is InChI=1S/C25H28N8O4/c1-31-5-6-33(23(35)14-31)12-16-8-21-24(29-20(16)15-34)18(13-32(21)2)25(36)30-22-9-19(27-4-7-37-3)17(10-26)11-28-22/h8-9,11,13,15H,4-7,12,14H2,1-3H3,(H2,27,28,30,36). The summed E-state index contributed by atoms with van der Waals surface area (Å²) in [6.07, 6.45) is 3.65. The predicted molar refractivity (Wildman–Crippen MR) is 136 cm³/mol. The van der Waals surface area contributed by atoms with Crippen LogP contribution in [0, 0.1) is 11.3 Å². The van der Waals surface area contributed by atoms with Gasteiger partial charge >= 0.3 is 0 Å². The van der Waals surface area contributed by atoms with E-state index < -0.39 is 5.91 Å². The number of anilines is 2. The number of pyridine rings is 2. The van der Waals surface area contributed by atoms with Gasteiger partial charge in [0.05, 0.1) is 35.5 Å². The SMILES string of the molecule is COCCNc1cc(NC(=O)c2cn(C)c3cc(CN4CCN(C)CC4=O)c(C=O)nc23)ncc1C#N. The predicted octanol–water partition coefficient (Wildman–Crippen LogP) is 1.24. The first-order chi connectivity index (χ1) is 17.8. The van der Waals surface area contributed by atoms with Gasteiger partial charge in [-0.3, -0.25) is 19.3 Å². The summed E-state index contributed by atoms with van der Waals surface area (Å²) in [7, 11) is 5.25. The van der Waals surface area contributed by atoms with Gasteiger partial charge in [-0.05, 0) is 13.1 Å². The van der Waals surface area contributed by atoms with Crippen molar-refractivity contribution in [1.29, 1.82) is 5.26 Å². The van der Waals surface area contributed by atoms with Crippen LogP contribution in [0.25, 0.3) is 11.0 Å². The number of amides is 2. The Balaban J connectivity index is 1.60. The molecule has 4 heterocycles. The molecular weight excluding hydrogens is 476 g/mol. The zero-order chi connectivity index (χ0) is 26.5. The van der Waals surface area contributed by atoms with Gasteiger partial charge in [-0.15, -0.1) is 0 Å². The number of aryl methyl sites for hydroxylation is 1. The number of carbonyl (C=O) groups is 3. The first-order valence-electron chi connectivity index (χ1n) is 11.7. The Labute approximate surface area is 213 Å². The summed E-state index contributed by atoms with van der Waals surface area (Å²) in [5.41, 5.74) is 2.94. The van der Waals surface area contributed by atoms with Gasteiger partial charge in [0.15, 0.2) is 6.29 Å². The fourth-order valence-electron chi connectivity index (χ4n) is 4.17. The summed E-state index contributed by atoms with van der Waals surface area (Å²) >= 11 is 0. The van der Waals surface area contributed by atoms with E-state index in [2.05, 4.69) is 26.7 Å². The maximum Gasteiger partial charge on any atom is 0.260 e. The molecule has 0 aromatic carbocycles. The molecule has 0 radical (unpaired) electrons. The number of nitrogens with zero attached hydrogens (tertiary/aromatic N) is 6. The highest BCUT2D eigenvalue weighted by Gasteiger charge is 2.24. The molecule has 37 heavy (non-hydrogen) atoms. The number of hydrogen-bond acceptors (Lipinski definition) is 9. The lowest BCUT2D eigenvalue weighted by Gasteiger charge is -2.32. The molecule has 1 aliphatic heterocycles. The molecule has 4 rings (SSSR count). The molecule has 3 aromatic rings. The van der Waals surface area contributed by atoms with Crippen LogP contribution in [-0.4, -0.2) is 89.4 Å². The highest BCUT2D eigenvalue weighted by Crippen LogP contribution is 2.25.